The first-order valence-electron chi connectivity index (χ1n) is 14.4. The maximum Gasteiger partial charge on any atom is 0.320 e. The van der Waals surface area contributed by atoms with E-state index in [9.17, 15) is 14.9 Å². The largest absolute Gasteiger partial charge is 0.467 e. The van der Waals surface area contributed by atoms with Crippen molar-refractivity contribution in [2.24, 2.45) is 0 Å². The van der Waals surface area contributed by atoms with Gasteiger partial charge < -0.3 is 26.0 Å². The van der Waals surface area contributed by atoms with Crippen molar-refractivity contribution < 1.29 is 9.13 Å². The predicted octanol–water partition coefficient (Wildman–Crippen LogP) is 3.60. The third-order valence-corrected chi connectivity index (χ3v) is 11.6. The lowest BCUT2D eigenvalue weighted by Gasteiger charge is -2.48. The van der Waals surface area contributed by atoms with E-state index in [1.807, 2.05) is 23.8 Å². The number of fused-ring (bicyclic) bond motifs is 3. The average Bonchev–Trinajstić information content (AvgIpc) is 3.76. The molecule has 3 atom stereocenters. The third kappa shape index (κ3) is 5.12. The number of hydrogen-bond donors (Lipinski definition) is 2. The van der Waals surface area contributed by atoms with Crippen LogP contribution in [0, 0.1) is 22.7 Å². The van der Waals surface area contributed by atoms with Gasteiger partial charge in [-0.2, -0.15) is 20.5 Å². The standard InChI is InChI=1S/C22H22N10OS2.C7H12FN/c1-11(16-17(25)28-5-4-27-16)31(2)19-13(7-24)20(30-21(29-19)33-3)32-9-22(10-32)15-12(6-23)18(26)35-14(15)8-34-22;8-6-4-7-2-1-3-9(7)5-6/h4-5,11H,8-10,26H2,1-3H3,(H2,25,28);6-7H,1-5H2. The Hall–Kier alpha value is -3.92. The SMILES string of the molecule is COc1nc(N2CC3(C2)SCc2sc(N)c(C#N)c23)c(C#N)c(N(C)C(C)c2nccnc2N)n1.FC1CC2CCCN2C1. The Labute approximate surface area is 263 Å². The van der Waals surface area contributed by atoms with Crippen molar-refractivity contribution in [3.63, 3.8) is 0 Å². The molecule has 4 aliphatic rings. The molecule has 3 aromatic heterocycles. The highest BCUT2D eigenvalue weighted by Gasteiger charge is 2.53. The molecule has 15 heteroatoms. The number of nitriles is 2. The fourth-order valence-electron chi connectivity index (χ4n) is 6.61. The number of nitrogens with two attached hydrogens (primary N) is 2. The molecule has 0 saturated carbocycles. The van der Waals surface area contributed by atoms with E-state index in [1.165, 1.54) is 37.5 Å². The molecular formula is C29H34FN11OS2. The van der Waals surface area contributed by atoms with E-state index < -0.39 is 6.17 Å². The fourth-order valence-corrected chi connectivity index (χ4v) is 9.41. The number of anilines is 4. The predicted molar refractivity (Wildman–Crippen MR) is 169 cm³/mol. The molecule has 0 aliphatic carbocycles. The second-order valence-electron chi connectivity index (χ2n) is 11.5. The second-order valence-corrected chi connectivity index (χ2v) is 14.0. The normalized spacial score (nSPS) is 21.8. The van der Waals surface area contributed by atoms with Gasteiger partial charge in [0.05, 0.1) is 23.5 Å². The summed E-state index contributed by atoms with van der Waals surface area (Å²) < 4.78 is 17.7. The van der Waals surface area contributed by atoms with E-state index in [-0.39, 0.29) is 16.8 Å². The third-order valence-electron chi connectivity index (χ3n) is 8.92. The quantitative estimate of drug-likeness (QED) is 0.417. The van der Waals surface area contributed by atoms with Crippen LogP contribution in [0.2, 0.25) is 0 Å². The lowest BCUT2D eigenvalue weighted by atomic mass is 9.88. The molecule has 1 spiro atoms. The summed E-state index contributed by atoms with van der Waals surface area (Å²) in [7, 11) is 3.30. The molecule has 0 bridgehead atoms. The lowest BCUT2D eigenvalue weighted by Crippen LogP contribution is -2.57. The number of nitrogens with zero attached hydrogens (tertiary/aromatic N) is 9. The number of alkyl halides is 1. The zero-order chi connectivity index (χ0) is 31.2. The van der Waals surface area contributed by atoms with Crippen molar-refractivity contribution in [2.45, 2.75) is 54.9 Å². The van der Waals surface area contributed by atoms with E-state index in [2.05, 4.69) is 37.0 Å². The van der Waals surface area contributed by atoms with Gasteiger partial charge in [-0.05, 0) is 32.7 Å². The van der Waals surface area contributed by atoms with Gasteiger partial charge in [-0.1, -0.05) is 0 Å². The smallest absolute Gasteiger partial charge is 0.320 e. The first-order valence-corrected chi connectivity index (χ1v) is 16.2. The minimum Gasteiger partial charge on any atom is -0.467 e. The van der Waals surface area contributed by atoms with Crippen LogP contribution < -0.4 is 26.0 Å². The van der Waals surface area contributed by atoms with E-state index in [0.717, 1.165) is 29.2 Å². The zero-order valence-electron chi connectivity index (χ0n) is 24.8. The van der Waals surface area contributed by atoms with Crippen LogP contribution in [0.15, 0.2) is 12.4 Å². The van der Waals surface area contributed by atoms with Gasteiger partial charge in [-0.15, -0.1) is 23.1 Å². The van der Waals surface area contributed by atoms with Gasteiger partial charge in [0.1, 0.15) is 40.4 Å². The highest BCUT2D eigenvalue weighted by molar-refractivity contribution is 8.00. The van der Waals surface area contributed by atoms with Crippen molar-refractivity contribution in [2.75, 3.05) is 61.6 Å². The molecule has 3 fully saturated rings. The highest BCUT2D eigenvalue weighted by atomic mass is 32.2. The Morgan fingerprint density at radius 2 is 1.93 bits per heavy atom. The van der Waals surface area contributed by atoms with Crippen LogP contribution in [0.3, 0.4) is 0 Å². The summed E-state index contributed by atoms with van der Waals surface area (Å²) in [6.07, 6.45) is 5.92. The topological polar surface area (TPSA) is 170 Å². The van der Waals surface area contributed by atoms with Crippen LogP contribution in [0.25, 0.3) is 0 Å². The highest BCUT2D eigenvalue weighted by Crippen LogP contribution is 2.58. The van der Waals surface area contributed by atoms with Gasteiger partial charge in [0.25, 0.3) is 0 Å². The van der Waals surface area contributed by atoms with Crippen molar-refractivity contribution in [3.8, 4) is 18.1 Å². The van der Waals surface area contributed by atoms with Crippen molar-refractivity contribution in [1.82, 2.24) is 24.8 Å². The van der Waals surface area contributed by atoms with E-state index in [4.69, 9.17) is 16.2 Å². The summed E-state index contributed by atoms with van der Waals surface area (Å²) in [6.45, 7) is 4.96. The monoisotopic (exact) mass is 635 g/mol. The summed E-state index contributed by atoms with van der Waals surface area (Å²) in [6, 6.07) is 5.01. The molecule has 44 heavy (non-hydrogen) atoms. The number of aromatic nitrogens is 4. The van der Waals surface area contributed by atoms with Crippen LogP contribution in [0.5, 0.6) is 6.01 Å². The first-order chi connectivity index (χ1) is 21.2. The number of methoxy groups -OCH3 is 1. The Balaban J connectivity index is 0.000000323. The van der Waals surface area contributed by atoms with Gasteiger partial charge in [0.15, 0.2) is 11.6 Å². The second kappa shape index (κ2) is 11.9. The van der Waals surface area contributed by atoms with Crippen LogP contribution in [-0.2, 0) is 10.5 Å². The number of thioether (sulfide) groups is 1. The van der Waals surface area contributed by atoms with Crippen LogP contribution in [0.4, 0.5) is 26.8 Å². The number of rotatable bonds is 5. The van der Waals surface area contributed by atoms with Gasteiger partial charge in [-0.3, -0.25) is 9.88 Å². The number of hydrogen-bond acceptors (Lipinski definition) is 14. The summed E-state index contributed by atoms with van der Waals surface area (Å²) in [5.74, 6) is 2.03. The molecule has 4 N–H and O–H groups in total. The van der Waals surface area contributed by atoms with Gasteiger partial charge in [0, 0.05) is 61.3 Å². The van der Waals surface area contributed by atoms with Gasteiger partial charge in [0.2, 0.25) is 0 Å². The average molecular weight is 636 g/mol. The molecule has 3 saturated heterocycles. The van der Waals surface area contributed by atoms with E-state index in [0.29, 0.717) is 65.0 Å². The molecule has 7 rings (SSSR count). The molecule has 7 heterocycles. The molecule has 0 amide bonds. The van der Waals surface area contributed by atoms with Crippen molar-refractivity contribution >= 4 is 45.6 Å². The molecular weight excluding hydrogens is 602 g/mol. The molecule has 12 nitrogen and oxygen atoms in total. The minimum atomic E-state index is -0.518. The van der Waals surface area contributed by atoms with Gasteiger partial charge >= 0.3 is 6.01 Å². The maximum atomic E-state index is 12.6. The number of ether oxygens (including phenoxy) is 1. The Bertz CT molecular complexity index is 1640. The number of thiophene rings is 1. The van der Waals surface area contributed by atoms with Crippen molar-refractivity contribution in [3.05, 3.63) is 39.7 Å². The summed E-state index contributed by atoms with van der Waals surface area (Å²) >= 11 is 3.30. The first kappa shape index (κ1) is 30.1. The summed E-state index contributed by atoms with van der Waals surface area (Å²) in [5, 5.41) is 20.4. The maximum absolute atomic E-state index is 12.6. The Kier molecular flexibility index (Phi) is 8.13. The van der Waals surface area contributed by atoms with E-state index in [1.54, 1.807) is 18.0 Å². The molecule has 4 aliphatic heterocycles. The van der Waals surface area contributed by atoms with E-state index >= 15 is 0 Å². The zero-order valence-corrected chi connectivity index (χ0v) is 26.5. The lowest BCUT2D eigenvalue weighted by molar-refractivity contribution is 0.292. The molecule has 0 aromatic carbocycles. The number of nitrogen functional groups attached to an aromatic ring is 2. The van der Waals surface area contributed by atoms with Crippen LogP contribution in [0.1, 0.15) is 59.5 Å². The fraction of sp³-hybridized carbons (Fsp3) is 0.517. The van der Waals surface area contributed by atoms with Crippen LogP contribution >= 0.6 is 23.1 Å². The van der Waals surface area contributed by atoms with Crippen molar-refractivity contribution in [1.29, 1.82) is 10.5 Å². The molecule has 230 valence electrons. The Morgan fingerprint density at radius 1 is 1.18 bits per heavy atom. The number of halogens is 1. The minimum absolute atomic E-state index is 0.151. The summed E-state index contributed by atoms with van der Waals surface area (Å²) in [5.41, 5.74) is 14.7. The summed E-state index contributed by atoms with van der Waals surface area (Å²) in [4.78, 5) is 24.8. The van der Waals surface area contributed by atoms with Gasteiger partial charge in [-0.25, -0.2) is 9.37 Å². The Morgan fingerprint density at radius 3 is 2.61 bits per heavy atom. The molecule has 3 aromatic rings. The molecule has 3 unspecified atom stereocenters. The van der Waals surface area contributed by atoms with Crippen LogP contribution in [-0.4, -0.2) is 77.4 Å². The molecule has 0 radical (unpaired) electrons.